The second-order valence-electron chi connectivity index (χ2n) is 4.21. The van der Waals surface area contributed by atoms with Gasteiger partial charge in [0.15, 0.2) is 0 Å². The Morgan fingerprint density at radius 1 is 1.32 bits per heavy atom. The van der Waals surface area contributed by atoms with Crippen LogP contribution in [0, 0.1) is 0 Å². The van der Waals surface area contributed by atoms with Crippen LogP contribution in [-0.4, -0.2) is 40.8 Å². The Kier molecular flexibility index (Phi) is 3.46. The molecule has 0 amide bonds. The molecule has 0 spiro atoms. The van der Waals surface area contributed by atoms with Crippen LogP contribution in [-0.2, 0) is 10.0 Å². The third kappa shape index (κ3) is 2.47. The Morgan fingerprint density at radius 2 is 2.05 bits per heavy atom. The highest BCUT2D eigenvalue weighted by Crippen LogP contribution is 2.31. The maximum atomic E-state index is 12.4. The molecular formula is C10H11BrN4O2S2. The molecule has 3 rings (SSSR count). The van der Waals surface area contributed by atoms with Gasteiger partial charge in [0.05, 0.1) is 22.2 Å². The van der Waals surface area contributed by atoms with Crippen molar-refractivity contribution < 1.29 is 8.42 Å². The highest BCUT2D eigenvalue weighted by Gasteiger charge is 2.34. The van der Waals surface area contributed by atoms with Gasteiger partial charge in [-0.15, -0.1) is 11.3 Å². The first-order valence-electron chi connectivity index (χ1n) is 5.68. The zero-order valence-corrected chi connectivity index (χ0v) is 13.0. The summed E-state index contributed by atoms with van der Waals surface area (Å²) in [6.45, 7) is 0.927. The van der Waals surface area contributed by atoms with Crippen molar-refractivity contribution in [2.75, 3.05) is 13.1 Å². The minimum Gasteiger partial charge on any atom is -0.206 e. The lowest BCUT2D eigenvalue weighted by Gasteiger charge is -2.14. The lowest BCUT2D eigenvalue weighted by Crippen LogP contribution is -2.29. The summed E-state index contributed by atoms with van der Waals surface area (Å²) in [5, 5.41) is 8.14. The Balaban J connectivity index is 1.81. The zero-order chi connectivity index (χ0) is 13.5. The van der Waals surface area contributed by atoms with Gasteiger partial charge >= 0.3 is 0 Å². The summed E-state index contributed by atoms with van der Waals surface area (Å²) in [6.07, 6.45) is 3.95. The molecule has 0 aromatic carbocycles. The fourth-order valence-corrected chi connectivity index (χ4v) is 5.75. The van der Waals surface area contributed by atoms with Gasteiger partial charge < -0.3 is 0 Å². The molecule has 9 heteroatoms. The van der Waals surface area contributed by atoms with Gasteiger partial charge in [0.25, 0.3) is 10.0 Å². The second kappa shape index (κ2) is 4.97. The Labute approximate surface area is 123 Å². The molecule has 0 unspecified atom stereocenters. The molecule has 0 saturated carbocycles. The molecule has 1 saturated heterocycles. The fraction of sp³-hybridized carbons (Fsp3) is 0.400. The van der Waals surface area contributed by atoms with Gasteiger partial charge in [-0.3, -0.25) is 0 Å². The van der Waals surface area contributed by atoms with E-state index in [0.717, 1.165) is 10.2 Å². The van der Waals surface area contributed by atoms with Crippen LogP contribution in [0.3, 0.4) is 0 Å². The van der Waals surface area contributed by atoms with Gasteiger partial charge in [-0.1, -0.05) is 0 Å². The number of hydrogen-bond acceptors (Lipinski definition) is 5. The molecule has 2 aromatic rings. The van der Waals surface area contributed by atoms with Crippen LogP contribution >= 0.6 is 27.3 Å². The predicted molar refractivity (Wildman–Crippen MR) is 74.5 cm³/mol. The van der Waals surface area contributed by atoms with Crippen molar-refractivity contribution in [2.24, 2.45) is 0 Å². The number of halogens is 1. The molecule has 2 aromatic heterocycles. The summed E-state index contributed by atoms with van der Waals surface area (Å²) in [5.74, 6) is 0. The summed E-state index contributed by atoms with van der Waals surface area (Å²) in [6, 6.07) is 3.40. The van der Waals surface area contributed by atoms with Gasteiger partial charge in [0.2, 0.25) is 0 Å². The molecular weight excluding hydrogens is 352 g/mol. The number of hydrogen-bond donors (Lipinski definition) is 0. The quantitative estimate of drug-likeness (QED) is 0.833. The minimum atomic E-state index is -3.39. The SMILES string of the molecule is O=S(=O)(c1ccc(Br)s1)N1CC[C@H](n2nccn2)C1. The van der Waals surface area contributed by atoms with Crippen LogP contribution in [0.25, 0.3) is 0 Å². The van der Waals surface area contributed by atoms with Crippen molar-refractivity contribution in [3.8, 4) is 0 Å². The summed E-state index contributed by atoms with van der Waals surface area (Å²) >= 11 is 4.52. The van der Waals surface area contributed by atoms with Crippen molar-refractivity contribution in [3.63, 3.8) is 0 Å². The molecule has 0 radical (unpaired) electrons. The van der Waals surface area contributed by atoms with Crippen LogP contribution in [0.15, 0.2) is 32.5 Å². The predicted octanol–water partition coefficient (Wildman–Crippen LogP) is 1.74. The normalized spacial score (nSPS) is 21.0. The number of rotatable bonds is 3. The Morgan fingerprint density at radius 3 is 2.68 bits per heavy atom. The summed E-state index contributed by atoms with van der Waals surface area (Å²) < 4.78 is 27.5. The molecule has 0 aliphatic carbocycles. The molecule has 102 valence electrons. The average Bonchev–Trinajstić information content (AvgIpc) is 3.10. The smallest absolute Gasteiger partial charge is 0.206 e. The maximum absolute atomic E-state index is 12.4. The third-order valence-corrected chi connectivity index (χ3v) is 6.99. The Hall–Kier alpha value is -0.770. The summed E-state index contributed by atoms with van der Waals surface area (Å²) in [7, 11) is -3.39. The number of thiophene rings is 1. The van der Waals surface area contributed by atoms with Gasteiger partial charge in [-0.05, 0) is 34.5 Å². The molecule has 3 heterocycles. The van der Waals surface area contributed by atoms with E-state index in [1.807, 2.05) is 0 Å². The molecule has 1 fully saturated rings. The molecule has 1 aliphatic heterocycles. The van der Waals surface area contributed by atoms with Crippen LogP contribution in [0.5, 0.6) is 0 Å². The first-order chi connectivity index (χ1) is 9.07. The van der Waals surface area contributed by atoms with Gasteiger partial charge in [-0.25, -0.2) is 8.42 Å². The van der Waals surface area contributed by atoms with Gasteiger partial charge in [-0.2, -0.15) is 19.3 Å². The van der Waals surface area contributed by atoms with E-state index in [-0.39, 0.29) is 6.04 Å². The van der Waals surface area contributed by atoms with E-state index in [0.29, 0.717) is 17.3 Å². The van der Waals surface area contributed by atoms with Crippen molar-refractivity contribution in [1.82, 2.24) is 19.3 Å². The molecule has 1 aliphatic rings. The van der Waals surface area contributed by atoms with E-state index < -0.39 is 10.0 Å². The largest absolute Gasteiger partial charge is 0.252 e. The van der Waals surface area contributed by atoms with E-state index in [9.17, 15) is 8.42 Å². The standard InChI is InChI=1S/C10H11BrN4O2S2/c11-9-1-2-10(18-9)19(16,17)14-6-3-8(7-14)15-12-4-5-13-15/h1-2,4-5,8H,3,6-7H2/t8-/m0/s1. The molecule has 1 atom stereocenters. The molecule has 19 heavy (non-hydrogen) atoms. The first-order valence-corrected chi connectivity index (χ1v) is 8.73. The number of nitrogens with zero attached hydrogens (tertiary/aromatic N) is 4. The van der Waals surface area contributed by atoms with Gasteiger partial charge in [0.1, 0.15) is 4.21 Å². The molecule has 6 nitrogen and oxygen atoms in total. The maximum Gasteiger partial charge on any atom is 0.252 e. The lowest BCUT2D eigenvalue weighted by molar-refractivity contribution is 0.403. The van der Waals surface area contributed by atoms with Crippen LogP contribution in [0.4, 0.5) is 0 Å². The Bertz CT molecular complexity index is 668. The number of aromatic nitrogens is 3. The van der Waals surface area contributed by atoms with E-state index in [4.69, 9.17) is 0 Å². The van der Waals surface area contributed by atoms with Crippen molar-refractivity contribution in [2.45, 2.75) is 16.7 Å². The zero-order valence-electron chi connectivity index (χ0n) is 9.81. The van der Waals surface area contributed by atoms with Crippen LogP contribution < -0.4 is 0 Å². The van der Waals surface area contributed by atoms with Gasteiger partial charge in [0, 0.05) is 13.1 Å². The molecule has 0 N–H and O–H groups in total. The van der Waals surface area contributed by atoms with Crippen LogP contribution in [0.2, 0.25) is 0 Å². The minimum absolute atomic E-state index is 0.0215. The van der Waals surface area contributed by atoms with Crippen molar-refractivity contribution >= 4 is 37.3 Å². The second-order valence-corrected chi connectivity index (χ2v) is 8.84. The summed E-state index contributed by atoms with van der Waals surface area (Å²) in [4.78, 5) is 1.58. The first kappa shape index (κ1) is 13.2. The number of sulfonamides is 1. The topological polar surface area (TPSA) is 68.1 Å². The van der Waals surface area contributed by atoms with E-state index in [1.54, 1.807) is 29.3 Å². The highest BCUT2D eigenvalue weighted by molar-refractivity contribution is 9.11. The third-order valence-electron chi connectivity index (χ3n) is 3.03. The van der Waals surface area contributed by atoms with E-state index in [1.165, 1.54) is 15.6 Å². The van der Waals surface area contributed by atoms with Crippen LogP contribution in [0.1, 0.15) is 12.5 Å². The average molecular weight is 363 g/mol. The van der Waals surface area contributed by atoms with E-state index in [2.05, 4.69) is 26.1 Å². The lowest BCUT2D eigenvalue weighted by atomic mass is 10.3. The molecule has 0 bridgehead atoms. The summed E-state index contributed by atoms with van der Waals surface area (Å²) in [5.41, 5.74) is 0. The highest BCUT2D eigenvalue weighted by atomic mass is 79.9. The van der Waals surface area contributed by atoms with E-state index >= 15 is 0 Å². The fourth-order valence-electron chi connectivity index (χ4n) is 2.10. The monoisotopic (exact) mass is 362 g/mol. The van der Waals surface area contributed by atoms with Crippen molar-refractivity contribution in [3.05, 3.63) is 28.3 Å². The van der Waals surface area contributed by atoms with Crippen molar-refractivity contribution in [1.29, 1.82) is 0 Å².